The van der Waals surface area contributed by atoms with E-state index in [1.807, 2.05) is 0 Å². The topological polar surface area (TPSA) is 83.8 Å². The van der Waals surface area contributed by atoms with Gasteiger partial charge in [-0.15, -0.1) is 0 Å². The Hall–Kier alpha value is 0.503. The fourth-order valence-electron chi connectivity index (χ4n) is 0.538. The van der Waals surface area contributed by atoms with Crippen LogP contribution in [0.5, 0.6) is 0 Å². The number of carboxylic acids is 1. The van der Waals surface area contributed by atoms with Crippen LogP contribution in [-0.4, -0.2) is 22.6 Å². The smallest absolute Gasteiger partial charge is 0.316 e. The van der Waals surface area contributed by atoms with Crippen LogP contribution in [0.2, 0.25) is 0 Å². The molecule has 5 nitrogen and oxygen atoms in total. The summed E-state index contributed by atoms with van der Waals surface area (Å²) in [5.74, 6) is -0.860. The molecule has 1 atom stereocenters. The Morgan fingerprint density at radius 2 is 2.00 bits per heavy atom. The molecule has 0 amide bonds. The fraction of sp³-hybridized carbons (Fsp3) is 0.800. The third-order valence-electron chi connectivity index (χ3n) is 1.01. The van der Waals surface area contributed by atoms with Crippen LogP contribution in [0.25, 0.3) is 0 Å². The zero-order valence-electron chi connectivity index (χ0n) is 6.45. The summed E-state index contributed by atoms with van der Waals surface area (Å²) in [6, 6.07) is 0. The number of rotatable bonds is 6. The van der Waals surface area contributed by atoms with Crippen molar-refractivity contribution < 1.29 is 50.1 Å². The molecule has 0 aliphatic carbocycles. The molecule has 1 unspecified atom stereocenters. The van der Waals surface area contributed by atoms with Crippen LogP contribution >= 0.6 is 8.25 Å². The molecule has 0 aliphatic heterocycles. The molecule has 0 aromatic rings. The Morgan fingerprint density at radius 3 is 2.42 bits per heavy atom. The second kappa shape index (κ2) is 9.59. The van der Waals surface area contributed by atoms with E-state index in [0.29, 0.717) is 12.8 Å². The van der Waals surface area contributed by atoms with Gasteiger partial charge in [-0.1, -0.05) is 0 Å². The zero-order valence-corrected chi connectivity index (χ0v) is 9.91. The third-order valence-corrected chi connectivity index (χ3v) is 1.46. The molecule has 0 aliphatic rings. The van der Waals surface area contributed by atoms with E-state index < -0.39 is 14.2 Å². The molecule has 0 saturated heterocycles. The Balaban J connectivity index is 0. The van der Waals surface area contributed by atoms with Crippen LogP contribution < -0.4 is 0 Å². The quantitative estimate of drug-likeness (QED) is 0.548. The van der Waals surface area contributed by atoms with E-state index in [4.69, 9.17) is 10.00 Å². The van der Waals surface area contributed by atoms with Crippen LogP contribution in [0, 0.1) is 0 Å². The number of hydrogen-bond acceptors (Lipinski definition) is 3. The molecular formula is C5H11O5PZr. The molecule has 0 bridgehead atoms. The summed E-state index contributed by atoms with van der Waals surface area (Å²) in [5.41, 5.74) is 0. The minimum atomic E-state index is -2.83. The maximum Gasteiger partial charge on any atom is 0.316 e. The predicted molar refractivity (Wildman–Crippen MR) is 38.7 cm³/mol. The van der Waals surface area contributed by atoms with Crippen LogP contribution in [0.1, 0.15) is 19.3 Å². The molecule has 0 spiro atoms. The largest absolute Gasteiger partial charge is 0.481 e. The van der Waals surface area contributed by atoms with E-state index >= 15 is 0 Å². The first-order valence-electron chi connectivity index (χ1n) is 3.20. The van der Waals surface area contributed by atoms with Crippen molar-refractivity contribution in [2.24, 2.45) is 0 Å². The summed E-state index contributed by atoms with van der Waals surface area (Å²) in [5, 5.41) is 8.18. The Morgan fingerprint density at radius 1 is 1.42 bits per heavy atom. The third kappa shape index (κ3) is 13.1. The number of aliphatic carboxylic acids is 1. The Labute approximate surface area is 90.2 Å². The van der Waals surface area contributed by atoms with Crippen molar-refractivity contribution in [3.63, 3.8) is 0 Å². The monoisotopic (exact) mass is 272 g/mol. The van der Waals surface area contributed by atoms with Crippen molar-refractivity contribution in [2.75, 3.05) is 6.61 Å². The van der Waals surface area contributed by atoms with Gasteiger partial charge in [0.05, 0.1) is 6.61 Å². The summed E-state index contributed by atoms with van der Waals surface area (Å²) < 4.78 is 14.3. The van der Waals surface area contributed by atoms with Gasteiger partial charge in [0.2, 0.25) is 0 Å². The standard InChI is InChI=1S/C5H11O5P.Zr/c6-5(7)3-1-2-4-10-11(8)9;/h11H,1-4H2,(H,6,7)(H,8,9);. The molecule has 0 heterocycles. The normalized spacial score (nSPS) is 11.8. The zero-order chi connectivity index (χ0) is 8.69. The number of carbonyl (C=O) groups is 1. The van der Waals surface area contributed by atoms with E-state index in [0.717, 1.165) is 0 Å². The van der Waals surface area contributed by atoms with Gasteiger partial charge in [0, 0.05) is 32.6 Å². The molecule has 0 rings (SSSR count). The Kier molecular flexibility index (Phi) is 12.0. The van der Waals surface area contributed by atoms with Crippen molar-refractivity contribution in [3.8, 4) is 0 Å². The second-order valence-corrected chi connectivity index (χ2v) is 2.79. The van der Waals surface area contributed by atoms with Gasteiger partial charge in [-0.2, -0.15) is 0 Å². The molecule has 7 heteroatoms. The average Bonchev–Trinajstić information content (AvgIpc) is 1.85. The van der Waals surface area contributed by atoms with Gasteiger partial charge >= 0.3 is 14.2 Å². The number of hydrogen-bond donors (Lipinski definition) is 2. The number of carboxylic acid groups (broad SMARTS) is 1. The first-order valence-corrected chi connectivity index (χ1v) is 4.47. The number of unbranched alkanes of at least 4 members (excludes halogenated alkanes) is 1. The molecule has 0 fully saturated rings. The van der Waals surface area contributed by atoms with E-state index in [1.165, 1.54) is 0 Å². The van der Waals surface area contributed by atoms with Crippen molar-refractivity contribution in [1.82, 2.24) is 0 Å². The minimum Gasteiger partial charge on any atom is -0.481 e. The van der Waals surface area contributed by atoms with Crippen LogP contribution in [0.4, 0.5) is 0 Å². The predicted octanol–water partition coefficient (Wildman–Crippen LogP) is 0.637. The fourth-order valence-corrected chi connectivity index (χ4v) is 0.857. The van der Waals surface area contributed by atoms with Gasteiger partial charge in [-0.25, -0.2) is 0 Å². The first kappa shape index (κ1) is 15.0. The molecule has 0 aromatic carbocycles. The van der Waals surface area contributed by atoms with E-state index in [-0.39, 0.29) is 39.2 Å². The van der Waals surface area contributed by atoms with Gasteiger partial charge in [-0.05, 0) is 12.8 Å². The molecule has 0 radical (unpaired) electrons. The first-order chi connectivity index (χ1) is 5.13. The summed E-state index contributed by atoms with van der Waals surface area (Å²) in [6.45, 7) is 0.154. The van der Waals surface area contributed by atoms with E-state index in [9.17, 15) is 9.36 Å². The minimum absolute atomic E-state index is 0. The van der Waals surface area contributed by atoms with Crippen molar-refractivity contribution in [2.45, 2.75) is 19.3 Å². The van der Waals surface area contributed by atoms with Crippen molar-refractivity contribution >= 4 is 14.2 Å². The van der Waals surface area contributed by atoms with Crippen LogP contribution in [-0.2, 0) is 40.1 Å². The Bertz CT molecular complexity index is 135. The van der Waals surface area contributed by atoms with Crippen LogP contribution in [0.3, 0.4) is 0 Å². The molecule has 2 N–H and O–H groups in total. The van der Waals surface area contributed by atoms with Gasteiger partial charge in [0.1, 0.15) is 0 Å². The van der Waals surface area contributed by atoms with Gasteiger partial charge in [-0.3, -0.25) is 9.36 Å². The molecular weight excluding hydrogens is 262 g/mol. The second-order valence-electron chi connectivity index (χ2n) is 1.97. The maximum atomic E-state index is 9.95. The van der Waals surface area contributed by atoms with Crippen LogP contribution in [0.15, 0.2) is 0 Å². The van der Waals surface area contributed by atoms with Gasteiger partial charge in [0.25, 0.3) is 0 Å². The van der Waals surface area contributed by atoms with E-state index in [1.54, 1.807) is 0 Å². The van der Waals surface area contributed by atoms with Crippen molar-refractivity contribution in [1.29, 1.82) is 0 Å². The van der Waals surface area contributed by atoms with Gasteiger partial charge in [0.15, 0.2) is 0 Å². The molecule has 0 aromatic heterocycles. The summed E-state index contributed by atoms with van der Waals surface area (Å²) in [7, 11) is -2.83. The molecule has 0 saturated carbocycles. The maximum absolute atomic E-state index is 9.95. The van der Waals surface area contributed by atoms with E-state index in [2.05, 4.69) is 4.52 Å². The summed E-state index contributed by atoms with van der Waals surface area (Å²) in [4.78, 5) is 18.1. The molecule has 70 valence electrons. The molecule has 12 heavy (non-hydrogen) atoms. The summed E-state index contributed by atoms with van der Waals surface area (Å²) in [6.07, 6.45) is 1.06. The summed E-state index contributed by atoms with van der Waals surface area (Å²) >= 11 is 0. The van der Waals surface area contributed by atoms with Crippen molar-refractivity contribution in [3.05, 3.63) is 0 Å². The SMILES string of the molecule is O=C(O)CCCCO[PH](=O)O.[Zr]. The van der Waals surface area contributed by atoms with Gasteiger partial charge < -0.3 is 14.5 Å². The average molecular weight is 273 g/mol.